The van der Waals surface area contributed by atoms with Crippen LogP contribution < -0.4 is 0 Å². The zero-order valence-corrected chi connectivity index (χ0v) is 19.6. The van der Waals surface area contributed by atoms with Crippen molar-refractivity contribution in [1.82, 2.24) is 0 Å². The van der Waals surface area contributed by atoms with Crippen molar-refractivity contribution in [2.24, 2.45) is 11.3 Å². The topological polar surface area (TPSA) is 0 Å². The van der Waals surface area contributed by atoms with Crippen LogP contribution in [0.15, 0.2) is 0 Å². The molecule has 1 unspecified atom stereocenters. The van der Waals surface area contributed by atoms with Crippen molar-refractivity contribution in [1.29, 1.82) is 0 Å². The fourth-order valence-corrected chi connectivity index (χ4v) is 5.77. The molecule has 162 valence electrons. The molecule has 0 heteroatoms. The predicted molar refractivity (Wildman–Crippen MR) is 125 cm³/mol. The largest absolute Gasteiger partial charge is 0.0654 e. The Bertz CT molecular complexity index is 291. The molecule has 1 atom stereocenters. The van der Waals surface area contributed by atoms with Crippen LogP contribution >= 0.6 is 0 Å². The summed E-state index contributed by atoms with van der Waals surface area (Å²) >= 11 is 0. The summed E-state index contributed by atoms with van der Waals surface area (Å²) < 4.78 is 0. The fourth-order valence-electron chi connectivity index (χ4n) is 5.77. The zero-order chi connectivity index (χ0) is 19.6. The lowest BCUT2D eigenvalue weighted by atomic mass is 9.60. The molecule has 27 heavy (non-hydrogen) atoms. The van der Waals surface area contributed by atoms with Gasteiger partial charge in [0.15, 0.2) is 0 Å². The van der Waals surface area contributed by atoms with Gasteiger partial charge in [-0.25, -0.2) is 0 Å². The first-order chi connectivity index (χ1) is 13.3. The van der Waals surface area contributed by atoms with E-state index in [2.05, 4.69) is 20.8 Å². The first kappa shape index (κ1) is 25.0. The summed E-state index contributed by atoms with van der Waals surface area (Å²) in [7, 11) is 0. The van der Waals surface area contributed by atoms with Gasteiger partial charge in [-0.05, 0) is 43.4 Å². The highest BCUT2D eigenvalue weighted by molar-refractivity contribution is 4.90. The maximum atomic E-state index is 2.34. The molecule has 0 heterocycles. The average molecular weight is 379 g/mol. The second-order valence-corrected chi connectivity index (χ2v) is 9.84. The lowest BCUT2D eigenvalue weighted by molar-refractivity contribution is 0.0566. The second kappa shape index (κ2) is 16.9. The molecule has 0 bridgehead atoms. The van der Waals surface area contributed by atoms with E-state index < -0.39 is 0 Å². The molecule has 1 rings (SSSR count). The molecular weight excluding hydrogens is 324 g/mol. The molecule has 0 saturated heterocycles. The molecule has 1 aliphatic carbocycles. The molecular formula is C27H54. The van der Waals surface area contributed by atoms with E-state index in [9.17, 15) is 0 Å². The van der Waals surface area contributed by atoms with Crippen molar-refractivity contribution >= 4 is 0 Å². The molecule has 0 nitrogen and oxygen atoms in total. The molecule has 0 amide bonds. The van der Waals surface area contributed by atoms with Gasteiger partial charge < -0.3 is 0 Å². The van der Waals surface area contributed by atoms with Crippen LogP contribution in [-0.4, -0.2) is 0 Å². The van der Waals surface area contributed by atoms with Gasteiger partial charge in [-0.3, -0.25) is 0 Å². The molecule has 0 aromatic carbocycles. The summed E-state index contributed by atoms with van der Waals surface area (Å²) in [6, 6.07) is 0. The van der Waals surface area contributed by atoms with Crippen LogP contribution in [0.3, 0.4) is 0 Å². The lowest BCUT2D eigenvalue weighted by Crippen LogP contribution is -2.34. The van der Waals surface area contributed by atoms with Gasteiger partial charge in [-0.1, -0.05) is 130 Å². The van der Waals surface area contributed by atoms with Crippen LogP contribution in [0.25, 0.3) is 0 Å². The third-order valence-corrected chi connectivity index (χ3v) is 7.56. The van der Waals surface area contributed by atoms with Crippen LogP contribution in [0.1, 0.15) is 162 Å². The molecule has 0 radical (unpaired) electrons. The van der Waals surface area contributed by atoms with E-state index in [1.165, 1.54) is 109 Å². The van der Waals surface area contributed by atoms with Crippen molar-refractivity contribution in [3.63, 3.8) is 0 Å². The van der Waals surface area contributed by atoms with Crippen molar-refractivity contribution in [3.05, 3.63) is 0 Å². The Morgan fingerprint density at radius 2 is 1.04 bits per heavy atom. The summed E-state index contributed by atoms with van der Waals surface area (Å²) in [5.41, 5.74) is 0.738. The van der Waals surface area contributed by atoms with E-state index in [0.29, 0.717) is 0 Å². The van der Waals surface area contributed by atoms with E-state index in [0.717, 1.165) is 11.3 Å². The standard InChI is InChI=1S/C27H54/c1-4-7-10-13-16-21-26-22-17-20-25-27(26,23-18-14-11-8-5-2)24-19-15-12-9-6-3/h26H,4-25H2,1-3H3. The smallest absolute Gasteiger partial charge is 0.0269 e. The minimum absolute atomic E-state index is 0.738. The van der Waals surface area contributed by atoms with Gasteiger partial charge in [0.25, 0.3) is 0 Å². The Morgan fingerprint density at radius 1 is 0.556 bits per heavy atom. The van der Waals surface area contributed by atoms with Crippen LogP contribution in [-0.2, 0) is 0 Å². The average Bonchev–Trinajstić information content (AvgIpc) is 2.69. The van der Waals surface area contributed by atoms with Crippen LogP contribution in [0, 0.1) is 11.3 Å². The molecule has 0 N–H and O–H groups in total. The Kier molecular flexibility index (Phi) is 15.7. The zero-order valence-electron chi connectivity index (χ0n) is 19.6. The van der Waals surface area contributed by atoms with Crippen molar-refractivity contribution in [2.75, 3.05) is 0 Å². The van der Waals surface area contributed by atoms with Gasteiger partial charge in [-0.2, -0.15) is 0 Å². The minimum atomic E-state index is 0.738. The maximum absolute atomic E-state index is 2.34. The van der Waals surface area contributed by atoms with Crippen LogP contribution in [0.2, 0.25) is 0 Å². The highest BCUT2D eigenvalue weighted by atomic mass is 14.4. The van der Waals surface area contributed by atoms with Gasteiger partial charge in [0.05, 0.1) is 0 Å². The van der Waals surface area contributed by atoms with E-state index in [1.54, 1.807) is 32.1 Å². The fraction of sp³-hybridized carbons (Fsp3) is 1.00. The Hall–Kier alpha value is 0. The third-order valence-electron chi connectivity index (χ3n) is 7.56. The highest BCUT2D eigenvalue weighted by Gasteiger charge is 2.38. The van der Waals surface area contributed by atoms with Gasteiger partial charge >= 0.3 is 0 Å². The normalized spacial score (nSPS) is 19.4. The van der Waals surface area contributed by atoms with E-state index in [-0.39, 0.29) is 0 Å². The molecule has 0 aromatic heterocycles. The summed E-state index contributed by atoms with van der Waals surface area (Å²) in [5, 5.41) is 0. The van der Waals surface area contributed by atoms with Crippen molar-refractivity contribution in [3.8, 4) is 0 Å². The second-order valence-electron chi connectivity index (χ2n) is 9.84. The van der Waals surface area contributed by atoms with E-state index in [4.69, 9.17) is 0 Å². The summed E-state index contributed by atoms with van der Waals surface area (Å²) in [6.45, 7) is 7.02. The van der Waals surface area contributed by atoms with Crippen molar-refractivity contribution in [2.45, 2.75) is 162 Å². The summed E-state index contributed by atoms with van der Waals surface area (Å²) in [6.07, 6.45) is 32.8. The summed E-state index contributed by atoms with van der Waals surface area (Å²) in [4.78, 5) is 0. The van der Waals surface area contributed by atoms with Crippen LogP contribution in [0.5, 0.6) is 0 Å². The quantitative estimate of drug-likeness (QED) is 0.208. The summed E-state index contributed by atoms with van der Waals surface area (Å²) in [5.74, 6) is 1.06. The monoisotopic (exact) mass is 378 g/mol. The van der Waals surface area contributed by atoms with Crippen molar-refractivity contribution < 1.29 is 0 Å². The molecule has 1 aliphatic rings. The predicted octanol–water partition coefficient (Wildman–Crippen LogP) is 10.2. The molecule has 0 aliphatic heterocycles. The Morgan fingerprint density at radius 3 is 1.56 bits per heavy atom. The molecule has 0 spiro atoms. The van der Waals surface area contributed by atoms with Gasteiger partial charge in [0.1, 0.15) is 0 Å². The number of hydrogen-bond donors (Lipinski definition) is 0. The lowest BCUT2D eigenvalue weighted by Gasteiger charge is -2.45. The number of rotatable bonds is 18. The van der Waals surface area contributed by atoms with E-state index in [1.807, 2.05) is 0 Å². The number of unbranched alkanes of at least 4 members (excludes halogenated alkanes) is 12. The molecule has 0 aromatic rings. The van der Waals surface area contributed by atoms with E-state index >= 15 is 0 Å². The van der Waals surface area contributed by atoms with Gasteiger partial charge in [0, 0.05) is 0 Å². The third kappa shape index (κ3) is 10.9. The van der Waals surface area contributed by atoms with Gasteiger partial charge in [0.2, 0.25) is 0 Å². The maximum Gasteiger partial charge on any atom is -0.0269 e. The minimum Gasteiger partial charge on any atom is -0.0654 e. The Labute approximate surface area is 173 Å². The number of hydrogen-bond acceptors (Lipinski definition) is 0. The highest BCUT2D eigenvalue weighted by Crippen LogP contribution is 2.50. The van der Waals surface area contributed by atoms with Gasteiger partial charge in [-0.15, -0.1) is 0 Å². The SMILES string of the molecule is CCCCCCCC1CCCCC1(CCCCCCC)CCCCCCC. The molecule has 1 fully saturated rings. The molecule has 1 saturated carbocycles. The first-order valence-corrected chi connectivity index (χ1v) is 13.3. The first-order valence-electron chi connectivity index (χ1n) is 13.3. The van der Waals surface area contributed by atoms with Crippen LogP contribution in [0.4, 0.5) is 0 Å². The Balaban J connectivity index is 2.53.